The van der Waals surface area contributed by atoms with Gasteiger partial charge in [0.25, 0.3) is 0 Å². The lowest BCUT2D eigenvalue weighted by molar-refractivity contribution is -0.118. The van der Waals surface area contributed by atoms with Crippen molar-refractivity contribution in [2.45, 2.75) is 43.4 Å². The standard InChI is InChI=1S/C39H40N4O4S/c1-46-39(45)43-37(36(29-16-7-3-8-17-29)30-18-9-4-10-19-30)38(44)42-32-20-12-11-15-28(32)21-22-31-24-40-33(25-47-31)34-26-48-35(41-34)23-27-13-5-2-6-14-27/h2-20,26,31,33,36-37,40H,21-25H2,1H3,(H,42,44)(H,43,45)/t31-,33+,37+/m1/s1. The SMILES string of the molecule is COC(=O)N[C@H](C(=O)Nc1ccccc1CC[C@@H]1CN[C@H](c2csc(Cc3ccccc3)n2)CO1)C(c1ccccc1)c1ccccc1. The minimum absolute atomic E-state index is 0.0294. The van der Waals surface area contributed by atoms with Crippen molar-refractivity contribution in [3.05, 3.63) is 154 Å². The summed E-state index contributed by atoms with van der Waals surface area (Å²) >= 11 is 1.69. The first-order chi connectivity index (χ1) is 23.6. The van der Waals surface area contributed by atoms with Crippen LogP contribution in [-0.4, -0.2) is 49.4 Å². The summed E-state index contributed by atoms with van der Waals surface area (Å²) in [6.45, 7) is 1.27. The Morgan fingerprint density at radius 1 is 0.917 bits per heavy atom. The van der Waals surface area contributed by atoms with Gasteiger partial charge in [-0.3, -0.25) is 4.79 Å². The van der Waals surface area contributed by atoms with E-state index in [0.717, 1.165) is 40.2 Å². The molecule has 9 heteroatoms. The molecule has 6 rings (SSSR count). The molecule has 1 aliphatic rings. The zero-order valence-corrected chi connectivity index (χ0v) is 27.7. The number of ether oxygens (including phenoxy) is 2. The van der Waals surface area contributed by atoms with Gasteiger partial charge in [-0.1, -0.05) is 109 Å². The highest BCUT2D eigenvalue weighted by atomic mass is 32.1. The molecule has 8 nitrogen and oxygen atoms in total. The van der Waals surface area contributed by atoms with E-state index in [1.807, 2.05) is 91.0 Å². The van der Waals surface area contributed by atoms with Crippen LogP contribution in [0.1, 0.15) is 51.3 Å². The van der Waals surface area contributed by atoms with Crippen molar-refractivity contribution in [2.75, 3.05) is 25.6 Å². The average Bonchev–Trinajstić information content (AvgIpc) is 3.60. The number of rotatable bonds is 12. The van der Waals surface area contributed by atoms with Crippen LogP contribution in [0.25, 0.3) is 0 Å². The van der Waals surface area contributed by atoms with E-state index in [9.17, 15) is 9.59 Å². The Hall–Kier alpha value is -4.83. The summed E-state index contributed by atoms with van der Waals surface area (Å²) in [4.78, 5) is 31.5. The summed E-state index contributed by atoms with van der Waals surface area (Å²) in [5.74, 6) is -0.778. The van der Waals surface area contributed by atoms with E-state index in [1.54, 1.807) is 11.3 Å². The van der Waals surface area contributed by atoms with Crippen LogP contribution in [0.15, 0.2) is 121 Å². The molecule has 2 amide bonds. The Kier molecular flexibility index (Phi) is 11.3. The van der Waals surface area contributed by atoms with E-state index >= 15 is 0 Å². The van der Waals surface area contributed by atoms with Gasteiger partial charge >= 0.3 is 6.09 Å². The normalized spacial score (nSPS) is 16.6. The number of nitrogens with one attached hydrogen (secondary N) is 3. The van der Waals surface area contributed by atoms with Crippen molar-refractivity contribution in [3.63, 3.8) is 0 Å². The van der Waals surface area contributed by atoms with Gasteiger partial charge in [0.1, 0.15) is 6.04 Å². The summed E-state index contributed by atoms with van der Waals surface area (Å²) in [6, 6.07) is 36.7. The molecule has 246 valence electrons. The van der Waals surface area contributed by atoms with Gasteiger partial charge in [0.15, 0.2) is 0 Å². The Morgan fingerprint density at radius 3 is 2.21 bits per heavy atom. The number of hydrogen-bond acceptors (Lipinski definition) is 7. The number of nitrogens with zero attached hydrogens (tertiary/aromatic N) is 1. The smallest absolute Gasteiger partial charge is 0.407 e. The fraction of sp³-hybridized carbons (Fsp3) is 0.256. The fourth-order valence-corrected chi connectivity index (χ4v) is 6.99. The third kappa shape index (κ3) is 8.55. The molecule has 3 atom stereocenters. The number of methoxy groups -OCH3 is 1. The lowest BCUT2D eigenvalue weighted by Crippen LogP contribution is -2.48. The first-order valence-corrected chi connectivity index (χ1v) is 17.1. The third-order valence-corrected chi connectivity index (χ3v) is 9.49. The van der Waals surface area contributed by atoms with Crippen LogP contribution in [0, 0.1) is 0 Å². The summed E-state index contributed by atoms with van der Waals surface area (Å²) in [5.41, 5.74) is 5.78. The molecule has 48 heavy (non-hydrogen) atoms. The van der Waals surface area contributed by atoms with Crippen LogP contribution in [0.5, 0.6) is 0 Å². The summed E-state index contributed by atoms with van der Waals surface area (Å²) in [7, 11) is 1.30. The van der Waals surface area contributed by atoms with E-state index in [-0.39, 0.29) is 18.1 Å². The van der Waals surface area contributed by atoms with Gasteiger partial charge in [0.2, 0.25) is 5.91 Å². The molecule has 0 aliphatic carbocycles. The topological polar surface area (TPSA) is 102 Å². The second-order valence-corrected chi connectivity index (χ2v) is 12.8. The Bertz CT molecular complexity index is 1720. The molecule has 0 saturated carbocycles. The second-order valence-electron chi connectivity index (χ2n) is 11.8. The number of hydrogen-bond donors (Lipinski definition) is 3. The Balaban J connectivity index is 1.10. The maximum Gasteiger partial charge on any atom is 0.407 e. The molecule has 1 saturated heterocycles. The number of morpholine rings is 1. The minimum Gasteiger partial charge on any atom is -0.453 e. The Morgan fingerprint density at radius 2 is 1.56 bits per heavy atom. The van der Waals surface area contributed by atoms with Gasteiger partial charge in [0, 0.05) is 30.0 Å². The maximum absolute atomic E-state index is 14.1. The van der Waals surface area contributed by atoms with Gasteiger partial charge in [-0.2, -0.15) is 0 Å². The van der Waals surface area contributed by atoms with E-state index in [1.165, 1.54) is 12.7 Å². The highest BCUT2D eigenvalue weighted by molar-refractivity contribution is 7.09. The summed E-state index contributed by atoms with van der Waals surface area (Å²) in [6.07, 6.45) is 1.67. The van der Waals surface area contributed by atoms with Crippen LogP contribution in [0.2, 0.25) is 0 Å². The molecule has 5 aromatic rings. The third-order valence-electron chi connectivity index (χ3n) is 8.62. The van der Waals surface area contributed by atoms with E-state index in [2.05, 4.69) is 45.6 Å². The first kappa shape index (κ1) is 33.1. The predicted molar refractivity (Wildman–Crippen MR) is 189 cm³/mol. The Labute approximate surface area is 285 Å². The second kappa shape index (κ2) is 16.3. The zero-order chi connectivity index (χ0) is 33.1. The quantitative estimate of drug-likeness (QED) is 0.135. The largest absolute Gasteiger partial charge is 0.453 e. The van der Waals surface area contributed by atoms with Crippen molar-refractivity contribution in [1.29, 1.82) is 0 Å². The molecule has 1 fully saturated rings. The number of anilines is 1. The number of carbonyl (C=O) groups excluding carboxylic acids is 2. The van der Waals surface area contributed by atoms with Gasteiger partial charge in [0.05, 0.1) is 36.6 Å². The minimum atomic E-state index is -0.933. The number of carbonyl (C=O) groups is 2. The highest BCUT2D eigenvalue weighted by Crippen LogP contribution is 2.30. The lowest BCUT2D eigenvalue weighted by Gasteiger charge is -2.30. The number of aryl methyl sites for hydroxylation is 1. The highest BCUT2D eigenvalue weighted by Gasteiger charge is 2.33. The van der Waals surface area contributed by atoms with E-state index < -0.39 is 18.1 Å². The van der Waals surface area contributed by atoms with Crippen LogP contribution in [0.3, 0.4) is 0 Å². The number of para-hydroxylation sites is 1. The van der Waals surface area contributed by atoms with Crippen molar-refractivity contribution in [2.24, 2.45) is 0 Å². The average molecular weight is 661 g/mol. The van der Waals surface area contributed by atoms with Gasteiger partial charge in [-0.25, -0.2) is 9.78 Å². The number of alkyl carbamates (subject to hydrolysis) is 1. The molecule has 0 unspecified atom stereocenters. The first-order valence-electron chi connectivity index (χ1n) is 16.2. The van der Waals surface area contributed by atoms with Crippen molar-refractivity contribution in [1.82, 2.24) is 15.6 Å². The number of aromatic nitrogens is 1. The van der Waals surface area contributed by atoms with Crippen molar-refractivity contribution >= 4 is 29.0 Å². The predicted octanol–water partition coefficient (Wildman–Crippen LogP) is 6.89. The van der Waals surface area contributed by atoms with E-state index in [0.29, 0.717) is 25.3 Å². The number of amides is 2. The summed E-state index contributed by atoms with van der Waals surface area (Å²) < 4.78 is 11.2. The van der Waals surface area contributed by atoms with Crippen LogP contribution in [-0.2, 0) is 27.1 Å². The molecule has 1 aromatic heterocycles. The van der Waals surface area contributed by atoms with E-state index in [4.69, 9.17) is 14.5 Å². The number of benzene rings is 4. The molecular weight excluding hydrogens is 621 g/mol. The van der Waals surface area contributed by atoms with Gasteiger partial charge in [-0.05, 0) is 41.2 Å². The zero-order valence-electron chi connectivity index (χ0n) is 26.9. The monoisotopic (exact) mass is 660 g/mol. The van der Waals surface area contributed by atoms with Gasteiger partial charge < -0.3 is 25.4 Å². The molecule has 0 radical (unpaired) electrons. The van der Waals surface area contributed by atoms with Crippen LogP contribution in [0.4, 0.5) is 10.5 Å². The van der Waals surface area contributed by atoms with Crippen LogP contribution < -0.4 is 16.0 Å². The van der Waals surface area contributed by atoms with Crippen molar-refractivity contribution in [3.8, 4) is 0 Å². The molecule has 3 N–H and O–H groups in total. The van der Waals surface area contributed by atoms with Gasteiger partial charge in [-0.15, -0.1) is 11.3 Å². The maximum atomic E-state index is 14.1. The lowest BCUT2D eigenvalue weighted by atomic mass is 9.84. The summed E-state index contributed by atoms with van der Waals surface area (Å²) in [5, 5.41) is 12.8. The molecule has 0 bridgehead atoms. The van der Waals surface area contributed by atoms with Crippen molar-refractivity contribution < 1.29 is 19.1 Å². The molecular formula is C39H40N4O4S. The molecule has 0 spiro atoms. The van der Waals surface area contributed by atoms with Crippen LogP contribution >= 0.6 is 11.3 Å². The molecule has 2 heterocycles. The number of thiazole rings is 1. The fourth-order valence-electron chi connectivity index (χ4n) is 6.11. The molecule has 1 aliphatic heterocycles. The molecule has 4 aromatic carbocycles.